The Hall–Kier alpha value is -2.72. The molecule has 0 radical (unpaired) electrons. The van der Waals surface area contributed by atoms with Crippen LogP contribution in [0.5, 0.6) is 0 Å². The monoisotopic (exact) mass is 508 g/mol. The Morgan fingerprint density at radius 1 is 1.08 bits per heavy atom. The standard InChI is InChI=1S/C26H36O10/c1-12-8-9-19(33-15(4)27)25(7)20(34-16(5)28)11-18(30)13(2)10-21-26(32,14(3)24(31)36-21)23(22(12)25)35-17(6)29/h10,14,18-23,30,32H,1,8-9,11H2,2-7H3/b13-10-/t14-,18+,19-,20-,21-,22+,23-,25+,26+/m0/s1. The van der Waals surface area contributed by atoms with Crippen LogP contribution in [0.2, 0.25) is 0 Å². The zero-order valence-electron chi connectivity index (χ0n) is 21.6. The summed E-state index contributed by atoms with van der Waals surface area (Å²) < 4.78 is 22.7. The summed E-state index contributed by atoms with van der Waals surface area (Å²) in [4.78, 5) is 49.5. The molecule has 2 aliphatic carbocycles. The molecular weight excluding hydrogens is 472 g/mol. The molecule has 0 unspecified atom stereocenters. The van der Waals surface area contributed by atoms with Crippen molar-refractivity contribution < 1.29 is 48.3 Å². The van der Waals surface area contributed by atoms with Crippen molar-refractivity contribution in [1.82, 2.24) is 0 Å². The maximum Gasteiger partial charge on any atom is 0.312 e. The average Bonchev–Trinajstić information content (AvgIpc) is 2.97. The predicted molar refractivity (Wildman–Crippen MR) is 125 cm³/mol. The van der Waals surface area contributed by atoms with Crippen LogP contribution in [0.1, 0.15) is 60.8 Å². The Morgan fingerprint density at radius 3 is 2.19 bits per heavy atom. The van der Waals surface area contributed by atoms with Crippen molar-refractivity contribution in [2.75, 3.05) is 0 Å². The van der Waals surface area contributed by atoms with Gasteiger partial charge in [0, 0.05) is 33.1 Å². The molecule has 1 saturated heterocycles. The average molecular weight is 509 g/mol. The third-order valence-corrected chi connectivity index (χ3v) is 8.02. The van der Waals surface area contributed by atoms with Gasteiger partial charge >= 0.3 is 23.9 Å². The lowest BCUT2D eigenvalue weighted by Crippen LogP contribution is -2.66. The Balaban J connectivity index is 2.37. The highest BCUT2D eigenvalue weighted by Crippen LogP contribution is 2.56. The van der Waals surface area contributed by atoms with Gasteiger partial charge in [-0.2, -0.15) is 0 Å². The van der Waals surface area contributed by atoms with Crippen molar-refractivity contribution in [1.29, 1.82) is 0 Å². The molecule has 1 heterocycles. The van der Waals surface area contributed by atoms with E-state index in [1.165, 1.54) is 33.8 Å². The molecule has 10 heteroatoms. The normalized spacial score (nSPS) is 42.1. The zero-order valence-corrected chi connectivity index (χ0v) is 21.6. The fraction of sp³-hybridized carbons (Fsp3) is 0.692. The summed E-state index contributed by atoms with van der Waals surface area (Å²) in [5.74, 6) is -4.68. The molecule has 1 saturated carbocycles. The quantitative estimate of drug-likeness (QED) is 0.328. The molecule has 0 amide bonds. The number of carbonyl (C=O) groups is 4. The first-order valence-electron chi connectivity index (χ1n) is 12.1. The van der Waals surface area contributed by atoms with E-state index in [0.29, 0.717) is 24.0 Å². The highest BCUT2D eigenvalue weighted by atomic mass is 16.6. The van der Waals surface area contributed by atoms with Gasteiger partial charge < -0.3 is 29.2 Å². The number of aliphatic hydroxyl groups is 2. The summed E-state index contributed by atoms with van der Waals surface area (Å²) in [5.41, 5.74) is -2.45. The van der Waals surface area contributed by atoms with E-state index >= 15 is 0 Å². The molecule has 3 aliphatic rings. The van der Waals surface area contributed by atoms with Crippen molar-refractivity contribution in [2.45, 2.75) is 96.9 Å². The minimum Gasteiger partial charge on any atom is -0.462 e. The Kier molecular flexibility index (Phi) is 7.72. The van der Waals surface area contributed by atoms with Crippen molar-refractivity contribution in [2.24, 2.45) is 17.3 Å². The van der Waals surface area contributed by atoms with Gasteiger partial charge in [-0.1, -0.05) is 19.1 Å². The van der Waals surface area contributed by atoms with Gasteiger partial charge in [0.05, 0.1) is 17.4 Å². The number of hydrogen-bond donors (Lipinski definition) is 2. The first-order chi connectivity index (χ1) is 16.6. The van der Waals surface area contributed by atoms with Crippen LogP contribution in [0.15, 0.2) is 23.8 Å². The Bertz CT molecular complexity index is 985. The van der Waals surface area contributed by atoms with Crippen molar-refractivity contribution in [3.63, 3.8) is 0 Å². The molecule has 2 fully saturated rings. The number of carbonyl (C=O) groups excluding carboxylic acids is 4. The number of aliphatic hydroxyl groups excluding tert-OH is 1. The van der Waals surface area contributed by atoms with Gasteiger partial charge in [0.2, 0.25) is 0 Å². The summed E-state index contributed by atoms with van der Waals surface area (Å²) in [6.07, 6.45) is -3.62. The minimum atomic E-state index is -2.06. The van der Waals surface area contributed by atoms with Gasteiger partial charge in [-0.05, 0) is 38.3 Å². The molecule has 200 valence electrons. The van der Waals surface area contributed by atoms with Gasteiger partial charge in [-0.15, -0.1) is 0 Å². The maximum atomic E-state index is 12.7. The molecule has 36 heavy (non-hydrogen) atoms. The van der Waals surface area contributed by atoms with E-state index < -0.39 is 77.2 Å². The van der Waals surface area contributed by atoms with Gasteiger partial charge in [-0.3, -0.25) is 19.2 Å². The molecule has 10 nitrogen and oxygen atoms in total. The lowest BCUT2D eigenvalue weighted by Gasteiger charge is -2.55. The Morgan fingerprint density at radius 2 is 1.64 bits per heavy atom. The van der Waals surface area contributed by atoms with Gasteiger partial charge in [0.25, 0.3) is 0 Å². The number of hydrogen-bond acceptors (Lipinski definition) is 10. The summed E-state index contributed by atoms with van der Waals surface area (Å²) in [6.45, 7) is 12.6. The first kappa shape index (κ1) is 27.9. The highest BCUT2D eigenvalue weighted by molar-refractivity contribution is 5.78. The van der Waals surface area contributed by atoms with E-state index in [1.54, 1.807) is 13.8 Å². The van der Waals surface area contributed by atoms with Crippen molar-refractivity contribution in [3.8, 4) is 0 Å². The van der Waals surface area contributed by atoms with Crippen molar-refractivity contribution >= 4 is 23.9 Å². The molecule has 9 atom stereocenters. The summed E-state index contributed by atoms with van der Waals surface area (Å²) in [7, 11) is 0. The number of rotatable bonds is 3. The van der Waals surface area contributed by atoms with Crippen LogP contribution in [-0.2, 0) is 38.1 Å². The SMILES string of the molecule is C=C1CC[C@H](OC(C)=O)[C@]2(C)[C@@H](OC(C)=O)C[C@@H](O)/C(C)=C\[C@@H]3OC(=O)[C@H](C)[C@]3(O)[C@@H](OC(C)=O)[C@@H]12. The van der Waals surface area contributed by atoms with Crippen LogP contribution in [0.4, 0.5) is 0 Å². The van der Waals surface area contributed by atoms with Crippen LogP contribution in [0.3, 0.4) is 0 Å². The predicted octanol–water partition coefficient (Wildman–Crippen LogP) is 1.76. The number of ether oxygens (including phenoxy) is 4. The molecule has 0 bridgehead atoms. The second kappa shape index (κ2) is 9.97. The molecule has 2 N–H and O–H groups in total. The molecule has 0 aromatic heterocycles. The van der Waals surface area contributed by atoms with E-state index in [0.717, 1.165) is 0 Å². The van der Waals surface area contributed by atoms with Gasteiger partial charge in [0.15, 0.2) is 11.7 Å². The van der Waals surface area contributed by atoms with Crippen molar-refractivity contribution in [3.05, 3.63) is 23.8 Å². The minimum absolute atomic E-state index is 0.0819. The van der Waals surface area contributed by atoms with Crippen LogP contribution >= 0.6 is 0 Å². The largest absolute Gasteiger partial charge is 0.462 e. The molecule has 3 rings (SSSR count). The lowest BCUT2D eigenvalue weighted by atomic mass is 9.54. The third kappa shape index (κ3) is 4.68. The van der Waals surface area contributed by atoms with E-state index in [4.69, 9.17) is 18.9 Å². The van der Waals surface area contributed by atoms with E-state index in [-0.39, 0.29) is 6.42 Å². The summed E-state index contributed by atoms with van der Waals surface area (Å²) in [6, 6.07) is 0. The fourth-order valence-electron chi connectivity index (χ4n) is 6.07. The van der Waals surface area contributed by atoms with E-state index in [1.807, 2.05) is 0 Å². The van der Waals surface area contributed by atoms with Crippen LogP contribution in [-0.4, -0.2) is 70.2 Å². The molecule has 0 aromatic carbocycles. The van der Waals surface area contributed by atoms with Gasteiger partial charge in [-0.25, -0.2) is 0 Å². The number of esters is 4. The van der Waals surface area contributed by atoms with Crippen LogP contribution < -0.4 is 0 Å². The van der Waals surface area contributed by atoms with Crippen LogP contribution in [0, 0.1) is 17.3 Å². The van der Waals surface area contributed by atoms with Crippen LogP contribution in [0.25, 0.3) is 0 Å². The maximum absolute atomic E-state index is 12.7. The third-order valence-electron chi connectivity index (χ3n) is 8.02. The lowest BCUT2D eigenvalue weighted by molar-refractivity contribution is -0.221. The fourth-order valence-corrected chi connectivity index (χ4v) is 6.07. The molecule has 1 aliphatic heterocycles. The summed E-state index contributed by atoms with van der Waals surface area (Å²) in [5, 5.41) is 23.3. The number of fused-ring (bicyclic) bond motifs is 2. The zero-order chi connectivity index (χ0) is 27.2. The second-order valence-electron chi connectivity index (χ2n) is 10.4. The Labute approximate surface area is 210 Å². The molecule has 0 aromatic rings. The summed E-state index contributed by atoms with van der Waals surface area (Å²) >= 11 is 0. The topological polar surface area (TPSA) is 146 Å². The smallest absolute Gasteiger partial charge is 0.312 e. The second-order valence-corrected chi connectivity index (χ2v) is 10.4. The van der Waals surface area contributed by atoms with E-state index in [9.17, 15) is 29.4 Å². The highest BCUT2D eigenvalue weighted by Gasteiger charge is 2.67. The first-order valence-corrected chi connectivity index (χ1v) is 12.1. The molecular formula is C26H36O10. The van der Waals surface area contributed by atoms with Gasteiger partial charge in [0.1, 0.15) is 18.3 Å². The van der Waals surface area contributed by atoms with E-state index in [2.05, 4.69) is 6.58 Å². The molecule has 0 spiro atoms.